The lowest BCUT2D eigenvalue weighted by Gasteiger charge is -2.43. The normalized spacial score (nSPS) is 27.9. The number of piperazine rings is 1. The number of hydrogen-bond acceptors (Lipinski definition) is 3. The quantitative estimate of drug-likeness (QED) is 0.719. The Bertz CT molecular complexity index is 425. The highest BCUT2D eigenvalue weighted by molar-refractivity contribution is 5.76. The van der Waals surface area contributed by atoms with Crippen LogP contribution in [0.5, 0.6) is 0 Å². The van der Waals surface area contributed by atoms with E-state index >= 15 is 0 Å². The lowest BCUT2D eigenvalue weighted by molar-refractivity contribution is -0.130. The highest BCUT2D eigenvalue weighted by atomic mass is 16.2. The van der Waals surface area contributed by atoms with Crippen molar-refractivity contribution in [2.24, 2.45) is 5.92 Å². The van der Waals surface area contributed by atoms with Gasteiger partial charge in [-0.15, -0.1) is 0 Å². The molecule has 4 heteroatoms. The molecule has 1 saturated carbocycles. The average molecular weight is 364 g/mol. The molecule has 2 aliphatic heterocycles. The topological polar surface area (TPSA) is 26.8 Å². The van der Waals surface area contributed by atoms with Gasteiger partial charge in [0.1, 0.15) is 0 Å². The predicted molar refractivity (Wildman–Crippen MR) is 108 cm³/mol. The maximum atomic E-state index is 12.5. The molecule has 1 atom stereocenters. The van der Waals surface area contributed by atoms with Gasteiger partial charge in [0.2, 0.25) is 5.91 Å². The van der Waals surface area contributed by atoms with Crippen molar-refractivity contribution in [3.8, 4) is 0 Å². The summed E-state index contributed by atoms with van der Waals surface area (Å²) in [5.41, 5.74) is 0. The van der Waals surface area contributed by atoms with Crippen molar-refractivity contribution < 1.29 is 4.79 Å². The van der Waals surface area contributed by atoms with E-state index in [1.54, 1.807) is 0 Å². The van der Waals surface area contributed by atoms with E-state index in [2.05, 4.69) is 28.5 Å². The molecule has 0 aromatic carbocycles. The van der Waals surface area contributed by atoms with Crippen LogP contribution in [0.2, 0.25) is 0 Å². The number of carbonyl (C=O) groups excluding carboxylic acids is 1. The Morgan fingerprint density at radius 1 is 0.846 bits per heavy atom. The van der Waals surface area contributed by atoms with E-state index in [-0.39, 0.29) is 0 Å². The van der Waals surface area contributed by atoms with E-state index in [4.69, 9.17) is 0 Å². The van der Waals surface area contributed by atoms with Gasteiger partial charge in [-0.1, -0.05) is 33.1 Å². The second kappa shape index (κ2) is 10.1. The molecule has 3 rings (SSSR count). The van der Waals surface area contributed by atoms with E-state index in [0.29, 0.717) is 11.9 Å². The monoisotopic (exact) mass is 363 g/mol. The van der Waals surface area contributed by atoms with Crippen molar-refractivity contribution >= 4 is 5.91 Å². The van der Waals surface area contributed by atoms with Gasteiger partial charge in [-0.25, -0.2) is 0 Å². The van der Waals surface area contributed by atoms with Gasteiger partial charge in [0.15, 0.2) is 0 Å². The lowest BCUT2D eigenvalue weighted by atomic mass is 9.93. The third-order valence-corrected chi connectivity index (χ3v) is 6.94. The second-order valence-electron chi connectivity index (χ2n) is 9.26. The Labute approximate surface area is 161 Å². The Hall–Kier alpha value is -0.610. The summed E-state index contributed by atoms with van der Waals surface area (Å²) in [6.07, 6.45) is 12.6. The molecule has 0 radical (unpaired) electrons. The molecule has 1 aliphatic carbocycles. The van der Waals surface area contributed by atoms with Crippen LogP contribution < -0.4 is 0 Å². The van der Waals surface area contributed by atoms with Crippen LogP contribution >= 0.6 is 0 Å². The van der Waals surface area contributed by atoms with Crippen LogP contribution in [-0.2, 0) is 4.79 Å². The zero-order valence-electron chi connectivity index (χ0n) is 17.3. The molecule has 0 spiro atoms. The van der Waals surface area contributed by atoms with Crippen molar-refractivity contribution in [3.63, 3.8) is 0 Å². The minimum Gasteiger partial charge on any atom is -0.343 e. The maximum Gasteiger partial charge on any atom is 0.222 e. The highest BCUT2D eigenvalue weighted by Gasteiger charge is 2.30. The van der Waals surface area contributed by atoms with Crippen molar-refractivity contribution in [1.82, 2.24) is 14.7 Å². The summed E-state index contributed by atoms with van der Waals surface area (Å²) >= 11 is 0. The van der Waals surface area contributed by atoms with Gasteiger partial charge < -0.3 is 4.90 Å². The first-order valence-corrected chi connectivity index (χ1v) is 11.4. The van der Waals surface area contributed by atoms with E-state index in [9.17, 15) is 4.79 Å². The molecule has 2 saturated heterocycles. The molecule has 0 bridgehead atoms. The third kappa shape index (κ3) is 5.69. The first-order chi connectivity index (χ1) is 12.6. The number of likely N-dealkylation sites (tertiary alicyclic amines) is 1. The minimum atomic E-state index is 0.400. The number of nitrogens with zero attached hydrogens (tertiary/aromatic N) is 3. The van der Waals surface area contributed by atoms with Crippen LogP contribution in [0.25, 0.3) is 0 Å². The molecule has 0 N–H and O–H groups in total. The molecule has 4 nitrogen and oxygen atoms in total. The predicted octanol–water partition coefficient (Wildman–Crippen LogP) is 3.75. The summed E-state index contributed by atoms with van der Waals surface area (Å²) in [6, 6.07) is 1.49. The van der Waals surface area contributed by atoms with E-state index in [0.717, 1.165) is 44.3 Å². The minimum absolute atomic E-state index is 0.400. The standard InChI is InChI=1S/C22H41N3O/c1-19(2)7-6-13-25-14-12-21(10-11-22(25)26)24-17-15-23(16-18-24)20-8-4-3-5-9-20/h19-21H,3-18H2,1-2H3/t21-/m1/s1. The molecular formula is C22H41N3O. The van der Waals surface area contributed by atoms with Gasteiger partial charge in [-0.05, 0) is 44.4 Å². The van der Waals surface area contributed by atoms with Crippen LogP contribution in [0, 0.1) is 5.92 Å². The summed E-state index contributed by atoms with van der Waals surface area (Å²) in [5.74, 6) is 1.14. The molecule has 3 aliphatic rings. The third-order valence-electron chi connectivity index (χ3n) is 6.94. The number of rotatable bonds is 6. The summed E-state index contributed by atoms with van der Waals surface area (Å²) in [6.45, 7) is 11.4. The number of hydrogen-bond donors (Lipinski definition) is 0. The van der Waals surface area contributed by atoms with E-state index in [1.165, 1.54) is 71.1 Å². The van der Waals surface area contributed by atoms with E-state index in [1.807, 2.05) is 0 Å². The molecule has 150 valence electrons. The average Bonchev–Trinajstić information content (AvgIpc) is 2.84. The lowest BCUT2D eigenvalue weighted by Crippen LogP contribution is -2.53. The van der Waals surface area contributed by atoms with Crippen molar-refractivity contribution in [2.45, 2.75) is 90.1 Å². The van der Waals surface area contributed by atoms with Crippen molar-refractivity contribution in [3.05, 3.63) is 0 Å². The zero-order valence-corrected chi connectivity index (χ0v) is 17.3. The number of amides is 1. The SMILES string of the molecule is CC(C)CCCN1CC[C@H](N2CCN(C3CCCCC3)CC2)CCC1=O. The van der Waals surface area contributed by atoms with Gasteiger partial charge >= 0.3 is 0 Å². The maximum absolute atomic E-state index is 12.5. The van der Waals surface area contributed by atoms with Gasteiger partial charge in [-0.2, -0.15) is 0 Å². The zero-order chi connectivity index (χ0) is 18.4. The van der Waals surface area contributed by atoms with E-state index < -0.39 is 0 Å². The Morgan fingerprint density at radius 2 is 1.46 bits per heavy atom. The van der Waals surface area contributed by atoms with Gasteiger partial charge in [0.25, 0.3) is 0 Å². The Balaban J connectivity index is 1.42. The molecular weight excluding hydrogens is 322 g/mol. The summed E-state index contributed by atoms with van der Waals surface area (Å²) in [5, 5.41) is 0. The summed E-state index contributed by atoms with van der Waals surface area (Å²) in [7, 11) is 0. The van der Waals surface area contributed by atoms with Gasteiger partial charge in [0, 0.05) is 57.8 Å². The Morgan fingerprint density at radius 3 is 2.08 bits per heavy atom. The highest BCUT2D eigenvalue weighted by Crippen LogP contribution is 2.25. The van der Waals surface area contributed by atoms with Gasteiger partial charge in [-0.3, -0.25) is 14.6 Å². The van der Waals surface area contributed by atoms with Gasteiger partial charge in [0.05, 0.1) is 0 Å². The first-order valence-electron chi connectivity index (χ1n) is 11.4. The number of carbonyl (C=O) groups is 1. The summed E-state index contributed by atoms with van der Waals surface area (Å²) in [4.78, 5) is 20.1. The smallest absolute Gasteiger partial charge is 0.222 e. The molecule has 2 heterocycles. The van der Waals surface area contributed by atoms with Crippen molar-refractivity contribution in [2.75, 3.05) is 39.3 Å². The van der Waals surface area contributed by atoms with Crippen LogP contribution in [0.15, 0.2) is 0 Å². The molecule has 26 heavy (non-hydrogen) atoms. The first kappa shape index (κ1) is 20.1. The largest absolute Gasteiger partial charge is 0.343 e. The van der Waals surface area contributed by atoms with Crippen molar-refractivity contribution in [1.29, 1.82) is 0 Å². The molecule has 3 fully saturated rings. The fourth-order valence-corrected chi connectivity index (χ4v) is 5.23. The fraction of sp³-hybridized carbons (Fsp3) is 0.955. The molecule has 0 aromatic rings. The molecule has 0 unspecified atom stereocenters. The molecule has 1 amide bonds. The van der Waals surface area contributed by atoms with Crippen LogP contribution in [0.4, 0.5) is 0 Å². The Kier molecular flexibility index (Phi) is 7.80. The molecule has 0 aromatic heterocycles. The summed E-state index contributed by atoms with van der Waals surface area (Å²) < 4.78 is 0. The van der Waals surface area contributed by atoms with Crippen LogP contribution in [0.3, 0.4) is 0 Å². The fourth-order valence-electron chi connectivity index (χ4n) is 5.23. The van der Waals surface area contributed by atoms with Crippen LogP contribution in [0.1, 0.15) is 78.1 Å². The second-order valence-corrected chi connectivity index (χ2v) is 9.26. The van der Waals surface area contributed by atoms with Crippen LogP contribution in [-0.4, -0.2) is 72.0 Å².